The molecule has 0 radical (unpaired) electrons. The number of esters is 2. The van der Waals surface area contributed by atoms with E-state index >= 15 is 0 Å². The molecule has 0 atom stereocenters. The molecule has 0 aliphatic heterocycles. The maximum atomic E-state index is 11.2. The van der Waals surface area contributed by atoms with Gasteiger partial charge in [0.05, 0.1) is 13.7 Å². The Hall–Kier alpha value is -1.58. The number of hydrogen-bond acceptors (Lipinski definition) is 4. The molecule has 176 valence electrons. The minimum absolute atomic E-state index is 0.254. The second kappa shape index (κ2) is 25.5. The Morgan fingerprint density at radius 1 is 0.733 bits per heavy atom. The van der Waals surface area contributed by atoms with Gasteiger partial charge in [0.15, 0.2) is 0 Å². The normalized spacial score (nSPS) is 9.97. The molecule has 0 aliphatic rings. The third-order valence-corrected chi connectivity index (χ3v) is 4.95. The van der Waals surface area contributed by atoms with E-state index in [0.29, 0.717) is 12.2 Å². The molecule has 0 unspecified atom stereocenters. The van der Waals surface area contributed by atoms with Crippen LogP contribution in [-0.4, -0.2) is 25.7 Å². The molecule has 0 spiro atoms. The first-order valence-corrected chi connectivity index (χ1v) is 12.0. The summed E-state index contributed by atoms with van der Waals surface area (Å²) in [4.78, 5) is 21.0. The molecule has 0 rings (SSSR count). The van der Waals surface area contributed by atoms with Crippen LogP contribution < -0.4 is 0 Å². The highest BCUT2D eigenvalue weighted by molar-refractivity contribution is 5.86. The zero-order valence-corrected chi connectivity index (χ0v) is 20.1. The molecule has 30 heavy (non-hydrogen) atoms. The van der Waals surface area contributed by atoms with Gasteiger partial charge < -0.3 is 9.47 Å². The first-order valence-electron chi connectivity index (χ1n) is 12.0. The van der Waals surface area contributed by atoms with Crippen LogP contribution >= 0.6 is 0 Å². The molecule has 0 N–H and O–H groups in total. The Morgan fingerprint density at radius 2 is 1.10 bits per heavy atom. The molecular weight excluding hydrogens is 376 g/mol. The van der Waals surface area contributed by atoms with E-state index < -0.39 is 5.97 Å². The first-order chi connectivity index (χ1) is 14.5. The molecular formula is C26H48O4. The summed E-state index contributed by atoms with van der Waals surface area (Å²) in [6, 6.07) is 0. The summed E-state index contributed by atoms with van der Waals surface area (Å²) in [5.74, 6) is -0.647. The van der Waals surface area contributed by atoms with Gasteiger partial charge in [0.1, 0.15) is 0 Å². The van der Waals surface area contributed by atoms with Crippen molar-refractivity contribution in [3.8, 4) is 0 Å². The van der Waals surface area contributed by atoms with Gasteiger partial charge in [-0.15, -0.1) is 0 Å². The van der Waals surface area contributed by atoms with Gasteiger partial charge in [-0.3, -0.25) is 0 Å². The molecule has 4 heteroatoms. The molecule has 0 saturated heterocycles. The van der Waals surface area contributed by atoms with Crippen molar-refractivity contribution in [3.63, 3.8) is 0 Å². The highest BCUT2D eigenvalue weighted by atomic mass is 16.5. The second-order valence-electron chi connectivity index (χ2n) is 7.95. The van der Waals surface area contributed by atoms with Gasteiger partial charge in [-0.1, -0.05) is 116 Å². The Bertz CT molecular complexity index is 429. The standard InChI is InChI=1S/C22H42O2.C4H6O2/c1-4-5-6-7-8-9-10-11-12-13-14-15-16-17-18-19-20-24-22(23)21(2)3;1-3-4(5)6-2/h2,4-20H2,1,3H3;3H,1H2,2H3. The molecule has 0 aromatic carbocycles. The number of ether oxygens (including phenoxy) is 2. The maximum Gasteiger partial charge on any atom is 0.333 e. The Morgan fingerprint density at radius 3 is 1.37 bits per heavy atom. The molecule has 0 aliphatic carbocycles. The number of hydrogen-bond donors (Lipinski definition) is 0. The molecule has 0 aromatic heterocycles. The second-order valence-corrected chi connectivity index (χ2v) is 7.95. The van der Waals surface area contributed by atoms with Crippen molar-refractivity contribution in [2.75, 3.05) is 13.7 Å². The van der Waals surface area contributed by atoms with E-state index in [-0.39, 0.29) is 5.97 Å². The number of methoxy groups -OCH3 is 1. The number of unbranched alkanes of at least 4 members (excludes halogenated alkanes) is 15. The van der Waals surface area contributed by atoms with Gasteiger partial charge >= 0.3 is 11.9 Å². The minimum atomic E-state index is -0.394. The van der Waals surface area contributed by atoms with Crippen molar-refractivity contribution in [2.24, 2.45) is 0 Å². The van der Waals surface area contributed by atoms with Gasteiger partial charge in [-0.25, -0.2) is 9.59 Å². The molecule has 0 fully saturated rings. The number of rotatable bonds is 19. The quantitative estimate of drug-likeness (QED) is 0.121. The summed E-state index contributed by atoms with van der Waals surface area (Å²) in [5.41, 5.74) is 0.492. The van der Waals surface area contributed by atoms with Crippen LogP contribution in [0.5, 0.6) is 0 Å². The third-order valence-electron chi connectivity index (χ3n) is 4.95. The summed E-state index contributed by atoms with van der Waals surface area (Å²) >= 11 is 0. The topological polar surface area (TPSA) is 52.6 Å². The van der Waals surface area contributed by atoms with E-state index in [1.165, 1.54) is 103 Å². The Labute approximate surface area is 186 Å². The van der Waals surface area contributed by atoms with Crippen molar-refractivity contribution in [1.82, 2.24) is 0 Å². The summed E-state index contributed by atoms with van der Waals surface area (Å²) in [6.07, 6.45) is 22.8. The lowest BCUT2D eigenvalue weighted by atomic mass is 10.0. The van der Waals surface area contributed by atoms with Gasteiger partial charge in [0, 0.05) is 11.6 Å². The van der Waals surface area contributed by atoms with Crippen LogP contribution in [0.3, 0.4) is 0 Å². The Kier molecular flexibility index (Phi) is 26.0. The fourth-order valence-corrected chi connectivity index (χ4v) is 3.02. The zero-order chi connectivity index (χ0) is 22.9. The fraction of sp³-hybridized carbons (Fsp3) is 0.769. The average Bonchev–Trinajstić information content (AvgIpc) is 2.75. The van der Waals surface area contributed by atoms with Crippen molar-refractivity contribution in [3.05, 3.63) is 24.8 Å². The van der Waals surface area contributed by atoms with Crippen LogP contribution in [0.15, 0.2) is 24.8 Å². The summed E-state index contributed by atoms with van der Waals surface area (Å²) < 4.78 is 9.23. The lowest BCUT2D eigenvalue weighted by Gasteiger charge is -2.05. The van der Waals surface area contributed by atoms with Crippen molar-refractivity contribution in [1.29, 1.82) is 0 Å². The SMILES string of the molecule is C=C(C)C(=O)OCCCCCCCCCCCCCCCCCC.C=CC(=O)OC. The molecule has 0 amide bonds. The van der Waals surface area contributed by atoms with Crippen LogP contribution in [0.1, 0.15) is 117 Å². The van der Waals surface area contributed by atoms with E-state index in [1.807, 2.05) is 0 Å². The number of carbonyl (C=O) groups is 2. The predicted octanol–water partition coefficient (Wildman–Crippen LogP) is 7.71. The Balaban J connectivity index is 0. The predicted molar refractivity (Wildman–Crippen MR) is 128 cm³/mol. The highest BCUT2D eigenvalue weighted by Gasteiger charge is 2.01. The van der Waals surface area contributed by atoms with Crippen molar-refractivity contribution < 1.29 is 19.1 Å². The zero-order valence-electron chi connectivity index (χ0n) is 20.1. The summed E-state index contributed by atoms with van der Waals surface area (Å²) in [6.45, 7) is 11.2. The molecule has 0 saturated carbocycles. The van der Waals surface area contributed by atoms with Crippen LogP contribution in [-0.2, 0) is 19.1 Å². The van der Waals surface area contributed by atoms with Gasteiger partial charge in [0.2, 0.25) is 0 Å². The average molecular weight is 425 g/mol. The van der Waals surface area contributed by atoms with Crippen molar-refractivity contribution in [2.45, 2.75) is 117 Å². The van der Waals surface area contributed by atoms with E-state index in [9.17, 15) is 9.59 Å². The van der Waals surface area contributed by atoms with E-state index in [0.717, 1.165) is 12.5 Å². The largest absolute Gasteiger partial charge is 0.466 e. The summed E-state index contributed by atoms with van der Waals surface area (Å²) in [5, 5.41) is 0. The van der Waals surface area contributed by atoms with E-state index in [2.05, 4.69) is 24.8 Å². The minimum Gasteiger partial charge on any atom is -0.466 e. The monoisotopic (exact) mass is 424 g/mol. The smallest absolute Gasteiger partial charge is 0.333 e. The lowest BCUT2D eigenvalue weighted by Crippen LogP contribution is -2.05. The molecule has 0 heterocycles. The molecule has 0 aromatic rings. The van der Waals surface area contributed by atoms with Crippen molar-refractivity contribution >= 4 is 11.9 Å². The van der Waals surface area contributed by atoms with Gasteiger partial charge in [0.25, 0.3) is 0 Å². The van der Waals surface area contributed by atoms with E-state index in [4.69, 9.17) is 4.74 Å². The maximum absolute atomic E-state index is 11.2. The van der Waals surface area contributed by atoms with Crippen LogP contribution in [0.2, 0.25) is 0 Å². The third kappa shape index (κ3) is 26.4. The van der Waals surface area contributed by atoms with Crippen LogP contribution in [0, 0.1) is 0 Å². The highest BCUT2D eigenvalue weighted by Crippen LogP contribution is 2.13. The summed E-state index contributed by atoms with van der Waals surface area (Å²) in [7, 11) is 1.31. The molecule has 0 bridgehead atoms. The van der Waals surface area contributed by atoms with Gasteiger partial charge in [-0.05, 0) is 13.3 Å². The number of carbonyl (C=O) groups excluding carboxylic acids is 2. The van der Waals surface area contributed by atoms with Gasteiger partial charge in [-0.2, -0.15) is 0 Å². The van der Waals surface area contributed by atoms with E-state index in [1.54, 1.807) is 6.92 Å². The van der Waals surface area contributed by atoms with Crippen LogP contribution in [0.4, 0.5) is 0 Å². The lowest BCUT2D eigenvalue weighted by molar-refractivity contribution is -0.139. The molecule has 4 nitrogen and oxygen atoms in total. The first kappa shape index (κ1) is 30.6. The fourth-order valence-electron chi connectivity index (χ4n) is 3.02. The van der Waals surface area contributed by atoms with Crippen LogP contribution in [0.25, 0.3) is 0 Å².